The third-order valence-corrected chi connectivity index (χ3v) is 5.58. The number of benzene rings is 1. The summed E-state index contributed by atoms with van der Waals surface area (Å²) in [5.41, 5.74) is -3.63. The molecule has 162 valence electrons. The van der Waals surface area contributed by atoms with Crippen molar-refractivity contribution in [3.05, 3.63) is 46.2 Å². The number of hydrogen-bond acceptors (Lipinski definition) is 6. The SMILES string of the molecule is CCOc1ccc([C@@H]2NC(=O)N[C@@](O)(C(F)(F)F)[C@@H]2C(=O)c2cccs2)cc1OC. The molecule has 0 saturated carbocycles. The monoisotopic (exact) mass is 444 g/mol. The first-order chi connectivity index (χ1) is 14.1. The summed E-state index contributed by atoms with van der Waals surface area (Å²) in [6.07, 6.45) is -5.31. The summed E-state index contributed by atoms with van der Waals surface area (Å²) in [6, 6.07) is 4.37. The highest BCUT2D eigenvalue weighted by Crippen LogP contribution is 2.45. The summed E-state index contributed by atoms with van der Waals surface area (Å²) in [4.78, 5) is 25.1. The highest BCUT2D eigenvalue weighted by molar-refractivity contribution is 7.12. The van der Waals surface area contributed by atoms with Crippen LogP contribution < -0.4 is 20.1 Å². The van der Waals surface area contributed by atoms with E-state index in [9.17, 15) is 27.9 Å². The number of Topliss-reactive ketones (excluding diaryl/α,β-unsaturated/α-hetero) is 1. The largest absolute Gasteiger partial charge is 0.493 e. The predicted octanol–water partition coefficient (Wildman–Crippen LogP) is 3.26. The van der Waals surface area contributed by atoms with Crippen LogP contribution in [0, 0.1) is 5.92 Å². The van der Waals surface area contributed by atoms with E-state index in [2.05, 4.69) is 5.32 Å². The number of aliphatic hydroxyl groups is 1. The zero-order chi connectivity index (χ0) is 22.1. The van der Waals surface area contributed by atoms with Gasteiger partial charge < -0.3 is 25.2 Å². The van der Waals surface area contributed by atoms with Gasteiger partial charge >= 0.3 is 12.2 Å². The van der Waals surface area contributed by atoms with Gasteiger partial charge in [0, 0.05) is 0 Å². The van der Waals surface area contributed by atoms with Gasteiger partial charge in [-0.25, -0.2) is 4.79 Å². The lowest BCUT2D eigenvalue weighted by Gasteiger charge is -2.44. The Morgan fingerprint density at radius 1 is 1.30 bits per heavy atom. The second kappa shape index (κ2) is 8.15. The van der Waals surface area contributed by atoms with Crippen LogP contribution in [0.3, 0.4) is 0 Å². The average molecular weight is 444 g/mol. The second-order valence-corrected chi connectivity index (χ2v) is 7.45. The zero-order valence-corrected chi connectivity index (χ0v) is 16.8. The Morgan fingerprint density at radius 3 is 2.60 bits per heavy atom. The van der Waals surface area contributed by atoms with E-state index in [1.54, 1.807) is 6.92 Å². The van der Waals surface area contributed by atoms with Crippen molar-refractivity contribution in [3.63, 3.8) is 0 Å². The standard InChI is InChI=1S/C19H19F3N2O5S/c1-3-29-11-7-6-10(9-12(11)28-2)15-14(16(25)13-5-4-8-30-13)18(27,19(20,21)22)24-17(26)23-15/h4-9,14-15,27H,3H2,1-2H3,(H2,23,24,26)/t14-,15-,18-/m0/s1. The van der Waals surface area contributed by atoms with E-state index in [0.29, 0.717) is 12.4 Å². The molecule has 11 heteroatoms. The summed E-state index contributed by atoms with van der Waals surface area (Å²) >= 11 is 0.938. The van der Waals surface area contributed by atoms with Gasteiger partial charge in [0.25, 0.3) is 0 Å². The third kappa shape index (κ3) is 3.82. The lowest BCUT2D eigenvalue weighted by Crippen LogP contribution is -2.72. The molecule has 1 fully saturated rings. The number of ether oxygens (including phenoxy) is 2. The number of methoxy groups -OCH3 is 1. The maximum absolute atomic E-state index is 13.9. The Morgan fingerprint density at radius 2 is 2.03 bits per heavy atom. The van der Waals surface area contributed by atoms with E-state index >= 15 is 0 Å². The summed E-state index contributed by atoms with van der Waals surface area (Å²) in [7, 11) is 1.35. The molecule has 1 aliphatic heterocycles. The molecule has 3 N–H and O–H groups in total. The van der Waals surface area contributed by atoms with Gasteiger partial charge in [-0.05, 0) is 36.1 Å². The molecule has 1 saturated heterocycles. The van der Waals surface area contributed by atoms with Crippen molar-refractivity contribution in [3.8, 4) is 11.5 Å². The third-order valence-electron chi connectivity index (χ3n) is 4.70. The lowest BCUT2D eigenvalue weighted by molar-refractivity contribution is -0.287. The van der Waals surface area contributed by atoms with Crippen molar-refractivity contribution in [2.75, 3.05) is 13.7 Å². The van der Waals surface area contributed by atoms with Crippen LogP contribution in [0.2, 0.25) is 0 Å². The van der Waals surface area contributed by atoms with Gasteiger partial charge in [-0.2, -0.15) is 13.2 Å². The molecular formula is C19H19F3N2O5S. The molecule has 0 radical (unpaired) electrons. The number of carbonyl (C=O) groups is 2. The highest BCUT2D eigenvalue weighted by Gasteiger charge is 2.66. The van der Waals surface area contributed by atoms with Crippen LogP contribution in [0.25, 0.3) is 0 Å². The fourth-order valence-corrected chi connectivity index (χ4v) is 4.05. The predicted molar refractivity (Wildman–Crippen MR) is 102 cm³/mol. The molecule has 2 aromatic rings. The van der Waals surface area contributed by atoms with Crippen LogP contribution in [-0.2, 0) is 0 Å². The normalized spacial score (nSPS) is 24.0. The van der Waals surface area contributed by atoms with Crippen molar-refractivity contribution in [1.29, 1.82) is 0 Å². The first-order valence-electron chi connectivity index (χ1n) is 8.88. The van der Waals surface area contributed by atoms with Crippen molar-refractivity contribution in [2.24, 2.45) is 5.92 Å². The molecule has 3 atom stereocenters. The van der Waals surface area contributed by atoms with Gasteiger partial charge in [0.05, 0.1) is 24.6 Å². The van der Waals surface area contributed by atoms with Crippen molar-refractivity contribution in [1.82, 2.24) is 10.6 Å². The van der Waals surface area contributed by atoms with Gasteiger partial charge in [0.15, 0.2) is 17.3 Å². The Hall–Kier alpha value is -2.79. The number of carbonyl (C=O) groups excluding carboxylic acids is 2. The Balaban J connectivity index is 2.14. The molecular weight excluding hydrogens is 425 g/mol. The Bertz CT molecular complexity index is 935. The van der Waals surface area contributed by atoms with Gasteiger partial charge in [-0.1, -0.05) is 12.1 Å². The maximum Gasteiger partial charge on any atom is 0.437 e. The number of rotatable bonds is 6. The number of amides is 2. The first-order valence-corrected chi connectivity index (χ1v) is 9.76. The molecule has 2 amide bonds. The molecule has 0 unspecified atom stereocenters. The van der Waals surface area contributed by atoms with Crippen LogP contribution in [0.4, 0.5) is 18.0 Å². The van der Waals surface area contributed by atoms with Gasteiger partial charge in [-0.3, -0.25) is 4.79 Å². The highest BCUT2D eigenvalue weighted by atomic mass is 32.1. The number of alkyl halides is 3. The van der Waals surface area contributed by atoms with E-state index in [4.69, 9.17) is 9.47 Å². The number of urea groups is 1. The number of ketones is 1. The van der Waals surface area contributed by atoms with E-state index in [1.807, 2.05) is 0 Å². The minimum absolute atomic E-state index is 0.0172. The molecule has 0 aliphatic carbocycles. The Kier molecular flexibility index (Phi) is 5.95. The van der Waals surface area contributed by atoms with Crippen LogP contribution >= 0.6 is 11.3 Å². The number of nitrogens with one attached hydrogen (secondary N) is 2. The fraction of sp³-hybridized carbons (Fsp3) is 0.368. The average Bonchev–Trinajstić information content (AvgIpc) is 3.21. The molecule has 3 rings (SSSR count). The molecule has 0 spiro atoms. The van der Waals surface area contributed by atoms with Crippen LogP contribution in [0.1, 0.15) is 28.2 Å². The Labute approximate surface area is 173 Å². The fourth-order valence-electron chi connectivity index (χ4n) is 3.34. The van der Waals surface area contributed by atoms with Crippen LogP contribution in [0.5, 0.6) is 11.5 Å². The number of thiophene rings is 1. The van der Waals surface area contributed by atoms with Crippen LogP contribution in [0.15, 0.2) is 35.7 Å². The molecule has 7 nitrogen and oxygen atoms in total. The summed E-state index contributed by atoms with van der Waals surface area (Å²) < 4.78 is 52.2. The van der Waals surface area contributed by atoms with Crippen LogP contribution in [-0.4, -0.2) is 42.5 Å². The topological polar surface area (TPSA) is 96.9 Å². The minimum Gasteiger partial charge on any atom is -0.493 e. The van der Waals surface area contributed by atoms with E-state index < -0.39 is 35.7 Å². The summed E-state index contributed by atoms with van der Waals surface area (Å²) in [5, 5.41) is 15.9. The van der Waals surface area contributed by atoms with Crippen molar-refractivity contribution in [2.45, 2.75) is 24.9 Å². The zero-order valence-electron chi connectivity index (χ0n) is 15.9. The smallest absolute Gasteiger partial charge is 0.437 e. The van der Waals surface area contributed by atoms with Crippen molar-refractivity contribution < 1.29 is 37.3 Å². The minimum atomic E-state index is -5.31. The van der Waals surface area contributed by atoms with E-state index in [1.165, 1.54) is 48.1 Å². The summed E-state index contributed by atoms with van der Waals surface area (Å²) in [5.74, 6) is -2.50. The maximum atomic E-state index is 13.9. The van der Waals surface area contributed by atoms with E-state index in [-0.39, 0.29) is 16.2 Å². The quantitative estimate of drug-likeness (QED) is 0.595. The molecule has 30 heavy (non-hydrogen) atoms. The van der Waals surface area contributed by atoms with Gasteiger partial charge in [-0.15, -0.1) is 11.3 Å². The number of halogens is 3. The van der Waals surface area contributed by atoms with Crippen molar-refractivity contribution >= 4 is 23.2 Å². The molecule has 2 heterocycles. The van der Waals surface area contributed by atoms with E-state index in [0.717, 1.165) is 11.3 Å². The first kappa shape index (κ1) is 21.9. The second-order valence-electron chi connectivity index (χ2n) is 6.50. The lowest BCUT2D eigenvalue weighted by atomic mass is 9.78. The molecule has 1 aliphatic rings. The molecule has 0 bridgehead atoms. The molecule has 1 aromatic carbocycles. The molecule has 1 aromatic heterocycles. The van der Waals surface area contributed by atoms with Gasteiger partial charge in [0.2, 0.25) is 5.72 Å². The van der Waals surface area contributed by atoms with Gasteiger partial charge in [0.1, 0.15) is 5.92 Å². The summed E-state index contributed by atoms with van der Waals surface area (Å²) in [6.45, 7) is 2.08. The number of hydrogen-bond donors (Lipinski definition) is 3.